The summed E-state index contributed by atoms with van der Waals surface area (Å²) in [5.41, 5.74) is 0. The molecule has 1 N–H and O–H groups in total. The highest BCUT2D eigenvalue weighted by Crippen LogP contribution is 2.32. The third kappa shape index (κ3) is 3.23. The van der Waals surface area contributed by atoms with Crippen LogP contribution in [-0.2, 0) is 0 Å². The van der Waals surface area contributed by atoms with E-state index in [1.165, 1.54) is 51.6 Å². The number of hydrogen-bond donors (Lipinski definition) is 1. The zero-order valence-electron chi connectivity index (χ0n) is 11.9. The highest BCUT2D eigenvalue weighted by Gasteiger charge is 2.31. The summed E-state index contributed by atoms with van der Waals surface area (Å²) in [6, 6.07) is 2.29. The third-order valence-electron chi connectivity index (χ3n) is 4.97. The molecule has 1 saturated heterocycles. The van der Waals surface area contributed by atoms with Gasteiger partial charge in [0, 0.05) is 31.2 Å². The van der Waals surface area contributed by atoms with Crippen molar-refractivity contribution in [2.45, 2.75) is 77.4 Å². The van der Waals surface area contributed by atoms with Crippen molar-refractivity contribution in [2.75, 3.05) is 13.1 Å². The summed E-state index contributed by atoms with van der Waals surface area (Å²) < 4.78 is 0. The largest absolute Gasteiger partial charge is 0.311 e. The molecule has 1 aliphatic heterocycles. The first-order chi connectivity index (χ1) is 8.24. The van der Waals surface area contributed by atoms with Crippen LogP contribution in [0.1, 0.15) is 59.3 Å². The van der Waals surface area contributed by atoms with Crippen molar-refractivity contribution in [1.82, 2.24) is 10.2 Å². The van der Waals surface area contributed by atoms with Crippen LogP contribution in [0.5, 0.6) is 0 Å². The van der Waals surface area contributed by atoms with Crippen LogP contribution in [-0.4, -0.2) is 36.1 Å². The van der Waals surface area contributed by atoms with E-state index in [1.54, 1.807) is 0 Å². The fraction of sp³-hybridized carbons (Fsp3) is 1.00. The molecule has 0 aromatic carbocycles. The minimum Gasteiger partial charge on any atom is -0.311 e. The summed E-state index contributed by atoms with van der Waals surface area (Å²) in [7, 11) is 0. The molecule has 2 nitrogen and oxygen atoms in total. The molecule has 0 spiro atoms. The van der Waals surface area contributed by atoms with Crippen LogP contribution < -0.4 is 5.32 Å². The lowest BCUT2D eigenvalue weighted by atomic mass is 9.80. The second-order valence-corrected chi connectivity index (χ2v) is 6.15. The zero-order valence-corrected chi connectivity index (χ0v) is 11.9. The molecule has 3 unspecified atom stereocenters. The maximum atomic E-state index is 3.69. The van der Waals surface area contributed by atoms with Crippen LogP contribution in [0.2, 0.25) is 0 Å². The molecule has 1 saturated carbocycles. The standard InChI is InChI=1S/C15H30N2/c1-4-14-11-17(15(5-2)10-16-14)12(3)9-13-7-6-8-13/h12-16H,4-11H2,1-3H3. The Hall–Kier alpha value is -0.0800. The second kappa shape index (κ2) is 6.19. The highest BCUT2D eigenvalue weighted by molar-refractivity contribution is 4.89. The summed E-state index contributed by atoms with van der Waals surface area (Å²) in [6.07, 6.45) is 8.46. The Morgan fingerprint density at radius 2 is 2.00 bits per heavy atom. The minimum atomic E-state index is 0.724. The van der Waals surface area contributed by atoms with Crippen molar-refractivity contribution < 1.29 is 0 Å². The molecule has 0 amide bonds. The van der Waals surface area contributed by atoms with Crippen LogP contribution in [0.3, 0.4) is 0 Å². The van der Waals surface area contributed by atoms with Gasteiger partial charge in [0.2, 0.25) is 0 Å². The van der Waals surface area contributed by atoms with Gasteiger partial charge in [-0.15, -0.1) is 0 Å². The molecule has 2 fully saturated rings. The molecule has 0 aromatic rings. The third-order valence-corrected chi connectivity index (χ3v) is 4.97. The number of rotatable bonds is 5. The fourth-order valence-electron chi connectivity index (χ4n) is 3.43. The zero-order chi connectivity index (χ0) is 12.3. The minimum absolute atomic E-state index is 0.724. The lowest BCUT2D eigenvalue weighted by Gasteiger charge is -2.45. The fourth-order valence-corrected chi connectivity index (χ4v) is 3.43. The number of nitrogens with one attached hydrogen (secondary N) is 1. The topological polar surface area (TPSA) is 15.3 Å². The van der Waals surface area contributed by atoms with E-state index in [1.807, 2.05) is 0 Å². The van der Waals surface area contributed by atoms with Gasteiger partial charge in [-0.1, -0.05) is 33.1 Å². The number of nitrogens with zero attached hydrogens (tertiary/aromatic N) is 1. The summed E-state index contributed by atoms with van der Waals surface area (Å²) in [4.78, 5) is 2.79. The van der Waals surface area contributed by atoms with E-state index < -0.39 is 0 Å². The van der Waals surface area contributed by atoms with Gasteiger partial charge in [0.05, 0.1) is 0 Å². The van der Waals surface area contributed by atoms with Gasteiger partial charge in [-0.2, -0.15) is 0 Å². The monoisotopic (exact) mass is 238 g/mol. The molecule has 100 valence electrons. The Balaban J connectivity index is 1.88. The van der Waals surface area contributed by atoms with Crippen molar-refractivity contribution >= 4 is 0 Å². The van der Waals surface area contributed by atoms with Gasteiger partial charge >= 0.3 is 0 Å². The normalized spacial score (nSPS) is 33.4. The maximum absolute atomic E-state index is 3.69. The highest BCUT2D eigenvalue weighted by atomic mass is 15.2. The van der Waals surface area contributed by atoms with Crippen molar-refractivity contribution in [2.24, 2.45) is 5.92 Å². The molecular weight excluding hydrogens is 208 g/mol. The average Bonchev–Trinajstić information content (AvgIpc) is 2.32. The molecule has 1 heterocycles. The Labute approximate surface area is 107 Å². The summed E-state index contributed by atoms with van der Waals surface area (Å²) in [5, 5.41) is 3.69. The Bertz CT molecular complexity index is 225. The van der Waals surface area contributed by atoms with Crippen LogP contribution in [0.4, 0.5) is 0 Å². The molecule has 2 heteroatoms. The lowest BCUT2D eigenvalue weighted by molar-refractivity contribution is 0.0647. The van der Waals surface area contributed by atoms with E-state index >= 15 is 0 Å². The lowest BCUT2D eigenvalue weighted by Crippen LogP contribution is -2.58. The van der Waals surface area contributed by atoms with Crippen LogP contribution in [0, 0.1) is 5.92 Å². The van der Waals surface area contributed by atoms with E-state index in [9.17, 15) is 0 Å². The predicted molar refractivity (Wildman–Crippen MR) is 74.3 cm³/mol. The van der Waals surface area contributed by atoms with Crippen LogP contribution in [0.25, 0.3) is 0 Å². The predicted octanol–water partition coefficient (Wildman–Crippen LogP) is 3.03. The van der Waals surface area contributed by atoms with E-state index in [0.717, 1.165) is 24.0 Å². The number of piperazine rings is 1. The summed E-state index contributed by atoms with van der Waals surface area (Å²) in [5.74, 6) is 1.04. The van der Waals surface area contributed by atoms with Gasteiger partial charge in [0.25, 0.3) is 0 Å². The van der Waals surface area contributed by atoms with Crippen molar-refractivity contribution in [3.05, 3.63) is 0 Å². The van der Waals surface area contributed by atoms with Gasteiger partial charge in [-0.3, -0.25) is 4.90 Å². The van der Waals surface area contributed by atoms with Gasteiger partial charge < -0.3 is 5.32 Å². The Kier molecular flexibility index (Phi) is 4.87. The number of hydrogen-bond acceptors (Lipinski definition) is 2. The summed E-state index contributed by atoms with van der Waals surface area (Å²) in [6.45, 7) is 9.56. The van der Waals surface area contributed by atoms with Gasteiger partial charge in [0.1, 0.15) is 0 Å². The average molecular weight is 238 g/mol. The van der Waals surface area contributed by atoms with E-state index in [4.69, 9.17) is 0 Å². The van der Waals surface area contributed by atoms with Crippen molar-refractivity contribution in [3.8, 4) is 0 Å². The van der Waals surface area contributed by atoms with E-state index in [2.05, 4.69) is 31.0 Å². The van der Waals surface area contributed by atoms with Gasteiger partial charge in [-0.25, -0.2) is 0 Å². The maximum Gasteiger partial charge on any atom is 0.0221 e. The smallest absolute Gasteiger partial charge is 0.0221 e. The molecule has 0 aromatic heterocycles. The second-order valence-electron chi connectivity index (χ2n) is 6.15. The van der Waals surface area contributed by atoms with E-state index in [0.29, 0.717) is 0 Å². The summed E-state index contributed by atoms with van der Waals surface area (Å²) >= 11 is 0. The van der Waals surface area contributed by atoms with E-state index in [-0.39, 0.29) is 0 Å². The molecule has 3 atom stereocenters. The Morgan fingerprint density at radius 1 is 1.24 bits per heavy atom. The SMILES string of the molecule is CCC1CN(C(C)CC2CCC2)C(CC)CN1. The Morgan fingerprint density at radius 3 is 2.53 bits per heavy atom. The van der Waals surface area contributed by atoms with Crippen LogP contribution >= 0.6 is 0 Å². The molecule has 0 bridgehead atoms. The quantitative estimate of drug-likeness (QED) is 0.792. The molecule has 2 rings (SSSR count). The molecule has 17 heavy (non-hydrogen) atoms. The first-order valence-corrected chi connectivity index (χ1v) is 7.73. The molecule has 1 aliphatic carbocycles. The van der Waals surface area contributed by atoms with Crippen molar-refractivity contribution in [3.63, 3.8) is 0 Å². The molecule has 0 radical (unpaired) electrons. The van der Waals surface area contributed by atoms with Crippen molar-refractivity contribution in [1.29, 1.82) is 0 Å². The van der Waals surface area contributed by atoms with Gasteiger partial charge in [0.15, 0.2) is 0 Å². The molecule has 2 aliphatic rings. The first kappa shape index (κ1) is 13.4. The van der Waals surface area contributed by atoms with Gasteiger partial charge in [-0.05, 0) is 32.1 Å². The first-order valence-electron chi connectivity index (χ1n) is 7.73. The van der Waals surface area contributed by atoms with Crippen LogP contribution in [0.15, 0.2) is 0 Å². The molecular formula is C15H30N2.